The van der Waals surface area contributed by atoms with Gasteiger partial charge in [-0.25, -0.2) is 0 Å². The van der Waals surface area contributed by atoms with E-state index in [2.05, 4.69) is 11.4 Å². The lowest BCUT2D eigenvalue weighted by Gasteiger charge is -2.20. The second kappa shape index (κ2) is 7.69. The number of nitriles is 1. The number of nitrogens with one attached hydrogen (secondary N) is 1. The van der Waals surface area contributed by atoms with E-state index in [-0.39, 0.29) is 5.91 Å². The van der Waals surface area contributed by atoms with Crippen molar-refractivity contribution in [2.75, 3.05) is 5.32 Å². The number of nitrogens with zero attached hydrogens (tertiary/aromatic N) is 1. The van der Waals surface area contributed by atoms with E-state index in [1.165, 1.54) is 32.1 Å². The summed E-state index contributed by atoms with van der Waals surface area (Å²) in [6, 6.07) is 9.62. The summed E-state index contributed by atoms with van der Waals surface area (Å²) in [6.45, 7) is 0. The molecule has 1 N–H and O–H groups in total. The van der Waals surface area contributed by atoms with E-state index in [9.17, 15) is 4.79 Å². The molecule has 0 radical (unpaired) electrons. The van der Waals surface area contributed by atoms with E-state index < -0.39 is 0 Å². The normalized spacial score (nSPS) is 15.6. The highest BCUT2D eigenvalue weighted by molar-refractivity contribution is 5.90. The van der Waals surface area contributed by atoms with E-state index in [1.807, 2.05) is 24.3 Å². The van der Waals surface area contributed by atoms with Crippen LogP contribution in [0.3, 0.4) is 0 Å². The lowest BCUT2D eigenvalue weighted by atomic mass is 9.86. The van der Waals surface area contributed by atoms with Gasteiger partial charge < -0.3 is 5.32 Å². The molecule has 1 aromatic carbocycles. The average Bonchev–Trinajstić information content (AvgIpc) is 2.49. The standard InChI is InChI=1S/C17H22N2O/c18-13-12-15-6-9-16(10-7-15)19-17(20)11-8-14-4-2-1-3-5-14/h6-7,9-10,14H,1-5,8,11-12H2,(H,19,20). The highest BCUT2D eigenvalue weighted by atomic mass is 16.1. The van der Waals surface area contributed by atoms with Crippen LogP contribution in [-0.2, 0) is 11.2 Å². The molecule has 0 unspecified atom stereocenters. The van der Waals surface area contributed by atoms with E-state index in [0.29, 0.717) is 12.8 Å². The molecule has 1 aliphatic rings. The average molecular weight is 270 g/mol. The van der Waals surface area contributed by atoms with Crippen LogP contribution in [0.25, 0.3) is 0 Å². The number of hydrogen-bond acceptors (Lipinski definition) is 2. The summed E-state index contributed by atoms with van der Waals surface area (Å²) in [5.74, 6) is 0.844. The van der Waals surface area contributed by atoms with Crippen LogP contribution in [-0.4, -0.2) is 5.91 Å². The van der Waals surface area contributed by atoms with Gasteiger partial charge in [0.05, 0.1) is 12.5 Å². The Bertz CT molecular complexity index is 467. The minimum atomic E-state index is 0.101. The molecule has 1 aliphatic carbocycles. The van der Waals surface area contributed by atoms with Gasteiger partial charge in [-0.2, -0.15) is 5.26 Å². The Morgan fingerprint density at radius 3 is 2.55 bits per heavy atom. The molecule has 0 heterocycles. The molecule has 0 aliphatic heterocycles. The number of carbonyl (C=O) groups is 1. The number of rotatable bonds is 5. The number of amides is 1. The van der Waals surface area contributed by atoms with Crippen molar-refractivity contribution in [3.8, 4) is 6.07 Å². The fraction of sp³-hybridized carbons (Fsp3) is 0.529. The quantitative estimate of drug-likeness (QED) is 0.877. The zero-order valence-electron chi connectivity index (χ0n) is 11.9. The zero-order valence-corrected chi connectivity index (χ0v) is 11.9. The SMILES string of the molecule is N#CCc1ccc(NC(=O)CCC2CCCCC2)cc1. The van der Waals surface area contributed by atoms with Crippen molar-refractivity contribution in [3.05, 3.63) is 29.8 Å². The first-order chi connectivity index (χ1) is 9.78. The zero-order chi connectivity index (χ0) is 14.2. The number of benzene rings is 1. The highest BCUT2D eigenvalue weighted by Crippen LogP contribution is 2.27. The number of carbonyl (C=O) groups excluding carboxylic acids is 1. The summed E-state index contributed by atoms with van der Waals surface area (Å²) >= 11 is 0. The van der Waals surface area contributed by atoms with Crippen molar-refractivity contribution in [2.45, 2.75) is 51.4 Å². The Labute approximate surface area is 121 Å². The molecule has 1 aromatic rings. The summed E-state index contributed by atoms with van der Waals surface area (Å²) in [4.78, 5) is 11.9. The lowest BCUT2D eigenvalue weighted by Crippen LogP contribution is -2.14. The van der Waals surface area contributed by atoms with E-state index in [0.717, 1.165) is 23.6 Å². The monoisotopic (exact) mass is 270 g/mol. The third-order valence-corrected chi connectivity index (χ3v) is 4.03. The largest absolute Gasteiger partial charge is 0.326 e. The summed E-state index contributed by atoms with van der Waals surface area (Å²) < 4.78 is 0. The van der Waals surface area contributed by atoms with Gasteiger partial charge in [-0.3, -0.25) is 4.79 Å². The van der Waals surface area contributed by atoms with Gasteiger partial charge in [0.2, 0.25) is 5.91 Å². The topological polar surface area (TPSA) is 52.9 Å². The van der Waals surface area contributed by atoms with Gasteiger partial charge in [-0.15, -0.1) is 0 Å². The molecule has 20 heavy (non-hydrogen) atoms. The molecule has 3 nitrogen and oxygen atoms in total. The second-order valence-electron chi connectivity index (χ2n) is 5.62. The molecule has 1 saturated carbocycles. The molecule has 2 rings (SSSR count). The van der Waals surface area contributed by atoms with E-state index in [1.54, 1.807) is 0 Å². The first-order valence-corrected chi connectivity index (χ1v) is 7.53. The van der Waals surface area contributed by atoms with Crippen molar-refractivity contribution < 1.29 is 4.79 Å². The Morgan fingerprint density at radius 1 is 1.20 bits per heavy atom. The maximum Gasteiger partial charge on any atom is 0.224 e. The third-order valence-electron chi connectivity index (χ3n) is 4.03. The van der Waals surface area contributed by atoms with Gasteiger partial charge >= 0.3 is 0 Å². The van der Waals surface area contributed by atoms with Crippen molar-refractivity contribution in [3.63, 3.8) is 0 Å². The molecule has 0 atom stereocenters. The van der Waals surface area contributed by atoms with Gasteiger partial charge in [-0.1, -0.05) is 44.2 Å². The molecular formula is C17H22N2O. The molecule has 3 heteroatoms. The third kappa shape index (κ3) is 4.70. The molecule has 1 fully saturated rings. The van der Waals surface area contributed by atoms with Crippen LogP contribution in [0.1, 0.15) is 50.5 Å². The van der Waals surface area contributed by atoms with Crippen LogP contribution in [0.2, 0.25) is 0 Å². The van der Waals surface area contributed by atoms with E-state index in [4.69, 9.17) is 5.26 Å². The fourth-order valence-corrected chi connectivity index (χ4v) is 2.83. The molecule has 106 valence electrons. The smallest absolute Gasteiger partial charge is 0.224 e. The predicted molar refractivity (Wildman–Crippen MR) is 80.2 cm³/mol. The van der Waals surface area contributed by atoms with Crippen LogP contribution < -0.4 is 5.32 Å². The van der Waals surface area contributed by atoms with Gasteiger partial charge in [0.25, 0.3) is 0 Å². The Kier molecular flexibility index (Phi) is 5.61. The van der Waals surface area contributed by atoms with Crippen LogP contribution in [0.5, 0.6) is 0 Å². The molecule has 0 bridgehead atoms. The first kappa shape index (κ1) is 14.6. The summed E-state index contributed by atoms with van der Waals surface area (Å²) in [5, 5.41) is 11.5. The lowest BCUT2D eigenvalue weighted by molar-refractivity contribution is -0.116. The number of hydrogen-bond donors (Lipinski definition) is 1. The van der Waals surface area contributed by atoms with Crippen LogP contribution in [0.15, 0.2) is 24.3 Å². The molecule has 1 amide bonds. The van der Waals surface area contributed by atoms with Crippen molar-refractivity contribution in [1.29, 1.82) is 5.26 Å². The molecule has 0 saturated heterocycles. The van der Waals surface area contributed by atoms with E-state index >= 15 is 0 Å². The molecule has 0 aromatic heterocycles. The summed E-state index contributed by atoms with van der Waals surface area (Å²) in [5.41, 5.74) is 1.80. The van der Waals surface area contributed by atoms with Crippen LogP contribution in [0.4, 0.5) is 5.69 Å². The van der Waals surface area contributed by atoms with Crippen LogP contribution >= 0.6 is 0 Å². The van der Waals surface area contributed by atoms with Crippen molar-refractivity contribution >= 4 is 11.6 Å². The summed E-state index contributed by atoms with van der Waals surface area (Å²) in [6.07, 6.45) is 8.63. The Balaban J connectivity index is 1.74. The second-order valence-corrected chi connectivity index (χ2v) is 5.62. The van der Waals surface area contributed by atoms with Gasteiger partial charge in [0, 0.05) is 12.1 Å². The van der Waals surface area contributed by atoms with Gasteiger partial charge in [0.15, 0.2) is 0 Å². The minimum absolute atomic E-state index is 0.101. The highest BCUT2D eigenvalue weighted by Gasteiger charge is 2.14. The number of anilines is 1. The molecule has 0 spiro atoms. The summed E-state index contributed by atoms with van der Waals surface area (Å²) in [7, 11) is 0. The fourth-order valence-electron chi connectivity index (χ4n) is 2.83. The van der Waals surface area contributed by atoms with Gasteiger partial charge in [0.1, 0.15) is 0 Å². The maximum atomic E-state index is 11.9. The van der Waals surface area contributed by atoms with Crippen molar-refractivity contribution in [1.82, 2.24) is 0 Å². The Hall–Kier alpha value is -1.82. The minimum Gasteiger partial charge on any atom is -0.326 e. The Morgan fingerprint density at radius 2 is 1.90 bits per heavy atom. The molecular weight excluding hydrogens is 248 g/mol. The predicted octanol–water partition coefficient (Wildman–Crippen LogP) is 4.05. The van der Waals surface area contributed by atoms with Gasteiger partial charge in [-0.05, 0) is 30.0 Å². The first-order valence-electron chi connectivity index (χ1n) is 7.53. The van der Waals surface area contributed by atoms with Crippen LogP contribution in [0, 0.1) is 17.2 Å². The maximum absolute atomic E-state index is 11.9. The van der Waals surface area contributed by atoms with Crippen molar-refractivity contribution in [2.24, 2.45) is 5.92 Å².